The number of halogens is 1. The lowest BCUT2D eigenvalue weighted by Crippen LogP contribution is -2.40. The van der Waals surface area contributed by atoms with Crippen LogP contribution in [0.25, 0.3) is 0 Å². The zero-order chi connectivity index (χ0) is 12.1. The van der Waals surface area contributed by atoms with E-state index in [9.17, 15) is 4.79 Å². The molecule has 1 aliphatic heterocycles. The molecule has 1 aromatic rings. The van der Waals surface area contributed by atoms with E-state index in [-0.39, 0.29) is 11.9 Å². The molecule has 2 N–H and O–H groups in total. The second-order valence-corrected chi connectivity index (χ2v) is 4.47. The molecule has 92 valence electrons. The Morgan fingerprint density at radius 3 is 3.00 bits per heavy atom. The second-order valence-electron chi connectivity index (χ2n) is 4.09. The molecular weight excluding hydrogens is 240 g/mol. The number of aromatic nitrogens is 2. The van der Waals surface area contributed by atoms with Gasteiger partial charge in [0, 0.05) is 0 Å². The fourth-order valence-electron chi connectivity index (χ4n) is 1.85. The SMILES string of the molecule is O=C(Nc1ccc(Cl)nn1)C1CCCCCN1. The average Bonchev–Trinajstić information content (AvgIpc) is 2.61. The first-order valence-electron chi connectivity index (χ1n) is 5.79. The first-order valence-corrected chi connectivity index (χ1v) is 6.17. The van der Waals surface area contributed by atoms with Crippen LogP contribution in [-0.2, 0) is 4.79 Å². The highest BCUT2D eigenvalue weighted by Gasteiger charge is 2.19. The van der Waals surface area contributed by atoms with Crippen molar-refractivity contribution >= 4 is 23.3 Å². The molecule has 2 heterocycles. The Morgan fingerprint density at radius 2 is 2.24 bits per heavy atom. The minimum Gasteiger partial charge on any atom is -0.308 e. The van der Waals surface area contributed by atoms with Gasteiger partial charge in [0.2, 0.25) is 5.91 Å². The molecule has 0 aliphatic carbocycles. The summed E-state index contributed by atoms with van der Waals surface area (Å²) in [6.07, 6.45) is 4.26. The third kappa shape index (κ3) is 3.64. The summed E-state index contributed by atoms with van der Waals surface area (Å²) in [5.74, 6) is 0.383. The van der Waals surface area contributed by atoms with Gasteiger partial charge in [-0.25, -0.2) is 0 Å². The van der Waals surface area contributed by atoms with Gasteiger partial charge in [-0.05, 0) is 31.5 Å². The number of carbonyl (C=O) groups is 1. The predicted molar refractivity (Wildman–Crippen MR) is 65.9 cm³/mol. The first kappa shape index (κ1) is 12.3. The molecule has 6 heteroatoms. The maximum absolute atomic E-state index is 11.9. The number of nitrogens with one attached hydrogen (secondary N) is 2. The van der Waals surface area contributed by atoms with Crippen molar-refractivity contribution in [3.63, 3.8) is 0 Å². The molecule has 1 atom stereocenters. The minimum atomic E-state index is -0.130. The van der Waals surface area contributed by atoms with Crippen LogP contribution in [0.1, 0.15) is 25.7 Å². The molecule has 0 radical (unpaired) electrons. The molecule has 0 aromatic carbocycles. The van der Waals surface area contributed by atoms with Crippen molar-refractivity contribution in [2.75, 3.05) is 11.9 Å². The quantitative estimate of drug-likeness (QED) is 0.841. The Labute approximate surface area is 105 Å². The van der Waals surface area contributed by atoms with Gasteiger partial charge >= 0.3 is 0 Å². The number of rotatable bonds is 2. The van der Waals surface area contributed by atoms with E-state index in [2.05, 4.69) is 20.8 Å². The van der Waals surface area contributed by atoms with Crippen molar-refractivity contribution in [2.24, 2.45) is 0 Å². The van der Waals surface area contributed by atoms with E-state index in [1.807, 2.05) is 0 Å². The Balaban J connectivity index is 1.93. The van der Waals surface area contributed by atoms with E-state index in [1.54, 1.807) is 12.1 Å². The largest absolute Gasteiger partial charge is 0.308 e. The van der Waals surface area contributed by atoms with E-state index in [1.165, 1.54) is 6.42 Å². The Bertz CT molecular complexity index is 374. The summed E-state index contributed by atoms with van der Waals surface area (Å²) in [5, 5.41) is 13.7. The Morgan fingerprint density at radius 1 is 1.35 bits per heavy atom. The second kappa shape index (κ2) is 5.93. The van der Waals surface area contributed by atoms with Gasteiger partial charge in [-0.3, -0.25) is 4.79 Å². The van der Waals surface area contributed by atoms with Crippen molar-refractivity contribution in [3.8, 4) is 0 Å². The fraction of sp³-hybridized carbons (Fsp3) is 0.545. The third-order valence-corrected chi connectivity index (χ3v) is 2.96. The third-order valence-electron chi connectivity index (χ3n) is 2.76. The summed E-state index contributed by atoms with van der Waals surface area (Å²) in [6, 6.07) is 3.12. The van der Waals surface area contributed by atoms with Crippen molar-refractivity contribution in [1.29, 1.82) is 0 Å². The van der Waals surface area contributed by atoms with Gasteiger partial charge in [0.05, 0.1) is 6.04 Å². The van der Waals surface area contributed by atoms with Crippen LogP contribution in [0.2, 0.25) is 5.15 Å². The predicted octanol–water partition coefficient (Wildman–Crippen LogP) is 1.60. The minimum absolute atomic E-state index is 0.0523. The molecule has 2 rings (SSSR count). The number of anilines is 1. The Hall–Kier alpha value is -1.20. The normalized spacial score (nSPS) is 20.6. The van der Waals surface area contributed by atoms with Crippen molar-refractivity contribution < 1.29 is 4.79 Å². The van der Waals surface area contributed by atoms with E-state index in [4.69, 9.17) is 11.6 Å². The summed E-state index contributed by atoms with van der Waals surface area (Å²) in [7, 11) is 0. The summed E-state index contributed by atoms with van der Waals surface area (Å²) < 4.78 is 0. The van der Waals surface area contributed by atoms with Crippen LogP contribution in [0.3, 0.4) is 0 Å². The van der Waals surface area contributed by atoms with Gasteiger partial charge < -0.3 is 10.6 Å². The molecule has 0 bridgehead atoms. The molecule has 5 nitrogen and oxygen atoms in total. The summed E-state index contributed by atoms with van der Waals surface area (Å²) in [4.78, 5) is 11.9. The van der Waals surface area contributed by atoms with Gasteiger partial charge in [0.15, 0.2) is 11.0 Å². The summed E-state index contributed by atoms with van der Waals surface area (Å²) in [6.45, 7) is 0.893. The van der Waals surface area contributed by atoms with E-state index in [0.29, 0.717) is 11.0 Å². The fourth-order valence-corrected chi connectivity index (χ4v) is 1.95. The zero-order valence-electron chi connectivity index (χ0n) is 9.45. The van der Waals surface area contributed by atoms with Gasteiger partial charge in [-0.1, -0.05) is 24.4 Å². The molecule has 17 heavy (non-hydrogen) atoms. The van der Waals surface area contributed by atoms with Crippen molar-refractivity contribution in [1.82, 2.24) is 15.5 Å². The zero-order valence-corrected chi connectivity index (χ0v) is 10.2. The number of hydrogen-bond donors (Lipinski definition) is 2. The highest BCUT2D eigenvalue weighted by Crippen LogP contribution is 2.11. The smallest absolute Gasteiger partial charge is 0.242 e. The van der Waals surface area contributed by atoms with E-state index >= 15 is 0 Å². The number of amides is 1. The van der Waals surface area contributed by atoms with Crippen LogP contribution in [0, 0.1) is 0 Å². The molecule has 1 aromatic heterocycles. The van der Waals surface area contributed by atoms with Crippen LogP contribution in [0.4, 0.5) is 5.82 Å². The van der Waals surface area contributed by atoms with Gasteiger partial charge in [0.25, 0.3) is 0 Å². The molecule has 1 aliphatic rings. The van der Waals surface area contributed by atoms with Crippen LogP contribution in [0.15, 0.2) is 12.1 Å². The van der Waals surface area contributed by atoms with Crippen LogP contribution in [0.5, 0.6) is 0 Å². The Kier molecular flexibility index (Phi) is 4.28. The molecule has 1 amide bonds. The first-order chi connectivity index (χ1) is 8.25. The van der Waals surface area contributed by atoms with Crippen molar-refractivity contribution in [2.45, 2.75) is 31.7 Å². The molecule has 0 spiro atoms. The highest BCUT2D eigenvalue weighted by atomic mass is 35.5. The monoisotopic (exact) mass is 254 g/mol. The lowest BCUT2D eigenvalue weighted by Gasteiger charge is -2.14. The lowest BCUT2D eigenvalue weighted by molar-refractivity contribution is -0.118. The van der Waals surface area contributed by atoms with Gasteiger partial charge in [-0.15, -0.1) is 10.2 Å². The highest BCUT2D eigenvalue weighted by molar-refractivity contribution is 6.29. The molecule has 0 saturated carbocycles. The summed E-state index contributed by atoms with van der Waals surface area (Å²) in [5.41, 5.74) is 0. The van der Waals surface area contributed by atoms with Crippen LogP contribution in [-0.4, -0.2) is 28.7 Å². The lowest BCUT2D eigenvalue weighted by atomic mass is 10.1. The van der Waals surface area contributed by atoms with E-state index < -0.39 is 0 Å². The van der Waals surface area contributed by atoms with E-state index in [0.717, 1.165) is 25.8 Å². The van der Waals surface area contributed by atoms with Gasteiger partial charge in [-0.2, -0.15) is 0 Å². The summed E-state index contributed by atoms with van der Waals surface area (Å²) >= 11 is 5.62. The molecule has 1 unspecified atom stereocenters. The van der Waals surface area contributed by atoms with Gasteiger partial charge in [0.1, 0.15) is 0 Å². The maximum atomic E-state index is 11.9. The number of hydrogen-bond acceptors (Lipinski definition) is 4. The maximum Gasteiger partial charge on any atom is 0.242 e. The molecule has 1 fully saturated rings. The molecule has 1 saturated heterocycles. The van der Waals surface area contributed by atoms with Crippen LogP contribution < -0.4 is 10.6 Å². The average molecular weight is 255 g/mol. The topological polar surface area (TPSA) is 66.9 Å². The van der Waals surface area contributed by atoms with Crippen molar-refractivity contribution in [3.05, 3.63) is 17.3 Å². The van der Waals surface area contributed by atoms with Crippen LogP contribution >= 0.6 is 11.6 Å². The standard InChI is InChI=1S/C11H15ClN4O/c12-9-5-6-10(16-15-9)14-11(17)8-4-2-1-3-7-13-8/h5-6,8,13H,1-4,7H2,(H,14,16,17). The number of carbonyl (C=O) groups excluding carboxylic acids is 1. The molecular formula is C11H15ClN4O. The number of nitrogens with zero attached hydrogens (tertiary/aromatic N) is 2.